The molecule has 37 heavy (non-hydrogen) atoms. The van der Waals surface area contributed by atoms with Crippen molar-refractivity contribution in [2.45, 2.75) is 51.4 Å². The molecule has 3 aliphatic rings. The fourth-order valence-electron chi connectivity index (χ4n) is 6.03. The summed E-state index contributed by atoms with van der Waals surface area (Å²) >= 11 is 12.8. The highest BCUT2D eigenvalue weighted by atomic mass is 35.5. The Morgan fingerprint density at radius 2 is 1.92 bits per heavy atom. The van der Waals surface area contributed by atoms with Crippen LogP contribution in [0.15, 0.2) is 35.3 Å². The Hall–Kier alpha value is -2.90. The summed E-state index contributed by atoms with van der Waals surface area (Å²) in [6, 6.07) is 1.75. The van der Waals surface area contributed by atoms with Crippen molar-refractivity contribution in [2.24, 2.45) is 17.3 Å². The summed E-state index contributed by atoms with van der Waals surface area (Å²) in [5.41, 5.74) is 3.43. The lowest BCUT2D eigenvalue weighted by Gasteiger charge is -2.57. The molecule has 0 aliphatic heterocycles. The minimum absolute atomic E-state index is 0.0676. The first-order valence-electron chi connectivity index (χ1n) is 12.6. The summed E-state index contributed by atoms with van der Waals surface area (Å²) < 4.78 is 11.7. The molecule has 3 fully saturated rings. The van der Waals surface area contributed by atoms with Gasteiger partial charge in [0, 0.05) is 29.4 Å². The third-order valence-corrected chi connectivity index (χ3v) is 8.48. The van der Waals surface area contributed by atoms with Gasteiger partial charge in [0.15, 0.2) is 5.69 Å². The number of ether oxygens (including phenoxy) is 1. The predicted octanol–water partition coefficient (Wildman–Crippen LogP) is 7.22. The molecular formula is C28H27Cl2N3O4. The molecule has 3 aromatic heterocycles. The molecule has 0 unspecified atom stereocenters. The Balaban J connectivity index is 1.06. The zero-order valence-corrected chi connectivity index (χ0v) is 21.9. The van der Waals surface area contributed by atoms with Crippen LogP contribution >= 0.6 is 23.2 Å². The van der Waals surface area contributed by atoms with E-state index in [1.54, 1.807) is 25.4 Å². The molecule has 3 aromatic rings. The van der Waals surface area contributed by atoms with Crippen LogP contribution in [0.5, 0.6) is 5.75 Å². The maximum absolute atomic E-state index is 11.1. The summed E-state index contributed by atoms with van der Waals surface area (Å²) in [6.07, 6.45) is 16.0. The van der Waals surface area contributed by atoms with Crippen molar-refractivity contribution in [1.82, 2.24) is 15.1 Å². The normalized spacial score (nSPS) is 24.7. The maximum Gasteiger partial charge on any atom is 0.354 e. The van der Waals surface area contributed by atoms with Gasteiger partial charge in [-0.15, -0.1) is 0 Å². The topological polar surface area (TPSA) is 98.3 Å². The van der Waals surface area contributed by atoms with Gasteiger partial charge in [-0.3, -0.25) is 4.98 Å². The van der Waals surface area contributed by atoms with Gasteiger partial charge in [0.25, 0.3) is 0 Å². The Morgan fingerprint density at radius 3 is 2.57 bits per heavy atom. The number of carboxylic acid groups (broad SMARTS) is 1. The van der Waals surface area contributed by atoms with E-state index < -0.39 is 5.97 Å². The van der Waals surface area contributed by atoms with Gasteiger partial charge < -0.3 is 14.4 Å². The van der Waals surface area contributed by atoms with E-state index in [0.29, 0.717) is 62.4 Å². The van der Waals surface area contributed by atoms with Crippen LogP contribution in [0.1, 0.15) is 71.8 Å². The number of aromatic nitrogens is 3. The molecule has 1 N–H and O–H groups in total. The van der Waals surface area contributed by atoms with Crippen LogP contribution in [0, 0.1) is 24.2 Å². The second kappa shape index (κ2) is 9.44. The highest BCUT2D eigenvalue weighted by Crippen LogP contribution is 2.61. The number of hydrogen-bond donors (Lipinski definition) is 1. The first-order valence-corrected chi connectivity index (χ1v) is 13.4. The fourth-order valence-corrected chi connectivity index (χ4v) is 6.58. The lowest BCUT2D eigenvalue weighted by atomic mass is 9.48. The number of aryl methyl sites for hydroxylation is 1. The number of rotatable bonds is 8. The first kappa shape index (κ1) is 24.4. The van der Waals surface area contributed by atoms with Gasteiger partial charge in [0.05, 0.1) is 22.8 Å². The Morgan fingerprint density at radius 1 is 1.19 bits per heavy atom. The summed E-state index contributed by atoms with van der Waals surface area (Å²) in [5.74, 6) is 1.99. The number of aromatic carboxylic acids is 1. The molecule has 3 saturated carbocycles. The molecule has 3 heterocycles. The number of pyridine rings is 2. The zero-order chi connectivity index (χ0) is 25.7. The summed E-state index contributed by atoms with van der Waals surface area (Å²) in [7, 11) is 0. The molecule has 1 spiro atoms. The van der Waals surface area contributed by atoms with Crippen molar-refractivity contribution >= 4 is 35.2 Å². The van der Waals surface area contributed by atoms with Crippen LogP contribution in [0.3, 0.4) is 0 Å². The Labute approximate surface area is 224 Å². The summed E-state index contributed by atoms with van der Waals surface area (Å²) in [5, 5.41) is 14.4. The van der Waals surface area contributed by atoms with Crippen molar-refractivity contribution < 1.29 is 19.2 Å². The van der Waals surface area contributed by atoms with Crippen LogP contribution < -0.4 is 4.74 Å². The van der Waals surface area contributed by atoms with Crippen LogP contribution in [-0.4, -0.2) is 32.8 Å². The largest absolute Gasteiger partial charge is 0.492 e. The van der Waals surface area contributed by atoms with E-state index in [9.17, 15) is 4.79 Å². The molecule has 0 bridgehead atoms. The second-order valence-electron chi connectivity index (χ2n) is 10.8. The van der Waals surface area contributed by atoms with E-state index in [0.717, 1.165) is 37.0 Å². The van der Waals surface area contributed by atoms with Crippen molar-refractivity contribution in [3.05, 3.63) is 63.4 Å². The van der Waals surface area contributed by atoms with Gasteiger partial charge in [-0.25, -0.2) is 9.78 Å². The zero-order valence-electron chi connectivity index (χ0n) is 20.4. The van der Waals surface area contributed by atoms with Gasteiger partial charge >= 0.3 is 5.97 Å². The van der Waals surface area contributed by atoms with Crippen LogP contribution in [0.4, 0.5) is 0 Å². The van der Waals surface area contributed by atoms with Gasteiger partial charge in [0.1, 0.15) is 17.2 Å². The lowest BCUT2D eigenvalue weighted by molar-refractivity contribution is -0.0657. The molecule has 0 aromatic carbocycles. The van der Waals surface area contributed by atoms with Crippen LogP contribution in [0.25, 0.3) is 17.3 Å². The van der Waals surface area contributed by atoms with Crippen LogP contribution in [0.2, 0.25) is 10.0 Å². The average Bonchev–Trinajstić information content (AvgIpc) is 3.57. The van der Waals surface area contributed by atoms with E-state index in [1.807, 2.05) is 0 Å². The Bertz CT molecular complexity index is 1360. The van der Waals surface area contributed by atoms with Gasteiger partial charge in [-0.1, -0.05) is 40.5 Å². The van der Waals surface area contributed by atoms with Crippen molar-refractivity contribution in [1.29, 1.82) is 0 Å². The number of halogens is 2. The molecule has 6 rings (SSSR count). The van der Waals surface area contributed by atoms with E-state index in [2.05, 4.69) is 27.3 Å². The third kappa shape index (κ3) is 4.75. The maximum atomic E-state index is 11.1. The predicted molar refractivity (Wildman–Crippen MR) is 140 cm³/mol. The van der Waals surface area contributed by atoms with Crippen LogP contribution in [-0.2, 0) is 0 Å². The molecule has 0 saturated heterocycles. The second-order valence-corrected chi connectivity index (χ2v) is 11.6. The van der Waals surface area contributed by atoms with E-state index >= 15 is 0 Å². The SMILES string of the molecule is Cc1cc(OCC2CC3(CC(/C=C/c4c(-c5c(Cl)cncc5Cl)noc4C4CC4)C3)C2)cnc1C(=O)O. The molecule has 3 aliphatic carbocycles. The summed E-state index contributed by atoms with van der Waals surface area (Å²) in [4.78, 5) is 19.2. The number of allylic oxidation sites excluding steroid dienone is 1. The molecular weight excluding hydrogens is 513 g/mol. The highest BCUT2D eigenvalue weighted by molar-refractivity contribution is 6.39. The highest BCUT2D eigenvalue weighted by Gasteiger charge is 2.52. The summed E-state index contributed by atoms with van der Waals surface area (Å²) in [6.45, 7) is 2.37. The van der Waals surface area contributed by atoms with Crippen molar-refractivity contribution in [2.75, 3.05) is 6.61 Å². The standard InChI is InChI=1S/C28H27Cl2N3O4/c1-15-6-19(11-32-24(15)27(34)35)36-14-17-9-28(10-17)7-16(8-28)2-5-20-25(33-37-26(20)18-3-4-18)23-21(29)12-31-13-22(23)30/h2,5-6,11-13,16-18H,3-4,7-10,14H2,1H3,(H,34,35)/b5-2+. The Kier molecular flexibility index (Phi) is 6.24. The quantitative estimate of drug-likeness (QED) is 0.322. The minimum Gasteiger partial charge on any atom is -0.492 e. The van der Waals surface area contributed by atoms with Gasteiger partial charge in [-0.2, -0.15) is 0 Å². The fraction of sp³-hybridized carbons (Fsp3) is 0.429. The number of hydrogen-bond acceptors (Lipinski definition) is 6. The van der Waals surface area contributed by atoms with Crippen molar-refractivity contribution in [3.8, 4) is 17.0 Å². The molecule has 0 amide bonds. The molecule has 0 atom stereocenters. The monoisotopic (exact) mass is 539 g/mol. The number of carbonyl (C=O) groups is 1. The van der Waals surface area contributed by atoms with E-state index in [1.165, 1.54) is 19.0 Å². The molecule has 7 nitrogen and oxygen atoms in total. The van der Waals surface area contributed by atoms with E-state index in [4.69, 9.17) is 37.6 Å². The molecule has 192 valence electrons. The molecule has 9 heteroatoms. The first-order chi connectivity index (χ1) is 17.8. The molecule has 0 radical (unpaired) electrons. The van der Waals surface area contributed by atoms with Gasteiger partial charge in [-0.05, 0) is 74.3 Å². The van der Waals surface area contributed by atoms with E-state index in [-0.39, 0.29) is 5.69 Å². The van der Waals surface area contributed by atoms with Crippen molar-refractivity contribution in [3.63, 3.8) is 0 Å². The average molecular weight is 540 g/mol. The third-order valence-electron chi connectivity index (χ3n) is 7.90. The van der Waals surface area contributed by atoms with Gasteiger partial charge in [0.2, 0.25) is 0 Å². The number of nitrogens with zero attached hydrogens (tertiary/aromatic N) is 3. The smallest absolute Gasteiger partial charge is 0.354 e. The number of carboxylic acids is 1. The minimum atomic E-state index is -1.02. The lowest BCUT2D eigenvalue weighted by Crippen LogP contribution is -2.48.